The number of nitrogens with zero attached hydrogens (tertiary/aromatic N) is 4. The number of rotatable bonds is 7. The standard InChI is InChI=1S/C29H32N6OS/c36-28(27-6-2-16-34(27)19-21-11-14-30-15-12-21)33-29-32-25(20-37-29)26-5-3-17-35(26)24-9-7-22(8-10-24)23-4-1-13-31-18-23/h2,6-12,14-16,20,23,26,31H,1,3-5,13,17-19H2,(H,32,33,36)/t23?,26-/m1/s1. The Morgan fingerprint density at radius 1 is 1.08 bits per heavy atom. The topological polar surface area (TPSA) is 75.1 Å². The van der Waals surface area contributed by atoms with Gasteiger partial charge in [0.25, 0.3) is 5.91 Å². The van der Waals surface area contributed by atoms with E-state index in [0.29, 0.717) is 23.3 Å². The lowest BCUT2D eigenvalue weighted by Gasteiger charge is -2.27. The van der Waals surface area contributed by atoms with E-state index in [1.807, 2.05) is 35.0 Å². The van der Waals surface area contributed by atoms with Crippen LogP contribution in [0.3, 0.4) is 0 Å². The molecule has 0 saturated carbocycles. The van der Waals surface area contributed by atoms with Crippen LogP contribution in [0.1, 0.15) is 65.0 Å². The van der Waals surface area contributed by atoms with Gasteiger partial charge in [-0.05, 0) is 85.7 Å². The molecule has 1 amide bonds. The smallest absolute Gasteiger partial charge is 0.274 e. The summed E-state index contributed by atoms with van der Waals surface area (Å²) in [5, 5.41) is 9.28. The van der Waals surface area contributed by atoms with Gasteiger partial charge in [-0.25, -0.2) is 4.98 Å². The molecule has 190 valence electrons. The van der Waals surface area contributed by atoms with E-state index in [1.54, 1.807) is 12.4 Å². The molecule has 3 aromatic heterocycles. The number of aromatic nitrogens is 3. The van der Waals surface area contributed by atoms with Crippen LogP contribution < -0.4 is 15.5 Å². The molecule has 5 heterocycles. The fourth-order valence-electron chi connectivity index (χ4n) is 5.56. The Balaban J connectivity index is 1.12. The Kier molecular flexibility index (Phi) is 7.01. The zero-order chi connectivity index (χ0) is 25.0. The molecule has 0 aliphatic carbocycles. The van der Waals surface area contributed by atoms with Gasteiger partial charge in [0.15, 0.2) is 5.13 Å². The van der Waals surface area contributed by atoms with Crippen molar-refractivity contribution in [1.82, 2.24) is 19.9 Å². The largest absolute Gasteiger partial charge is 0.363 e. The van der Waals surface area contributed by atoms with Crippen molar-refractivity contribution in [2.45, 2.75) is 44.2 Å². The summed E-state index contributed by atoms with van der Waals surface area (Å²) in [6.07, 6.45) is 10.2. The average molecular weight is 513 g/mol. The molecular formula is C29H32N6OS. The Morgan fingerprint density at radius 2 is 1.95 bits per heavy atom. The molecule has 0 spiro atoms. The van der Waals surface area contributed by atoms with Gasteiger partial charge in [0.05, 0.1) is 11.7 Å². The van der Waals surface area contributed by atoms with Gasteiger partial charge in [-0.1, -0.05) is 12.1 Å². The highest BCUT2D eigenvalue weighted by atomic mass is 32.1. The van der Waals surface area contributed by atoms with E-state index in [2.05, 4.69) is 50.2 Å². The van der Waals surface area contributed by atoms with Crippen LogP contribution in [-0.4, -0.2) is 40.1 Å². The van der Waals surface area contributed by atoms with Crippen molar-refractivity contribution in [3.05, 3.63) is 95.0 Å². The van der Waals surface area contributed by atoms with Gasteiger partial charge in [-0.2, -0.15) is 0 Å². The number of piperidine rings is 1. The fraction of sp³-hybridized carbons (Fsp3) is 0.345. The first-order valence-corrected chi connectivity index (χ1v) is 14.0. The molecule has 2 fully saturated rings. The lowest BCUT2D eigenvalue weighted by Crippen LogP contribution is -2.28. The van der Waals surface area contributed by atoms with Crippen molar-refractivity contribution in [1.29, 1.82) is 0 Å². The summed E-state index contributed by atoms with van der Waals surface area (Å²) in [5.74, 6) is 0.476. The molecule has 2 N–H and O–H groups in total. The third kappa shape index (κ3) is 5.31. The van der Waals surface area contributed by atoms with Gasteiger partial charge < -0.3 is 14.8 Å². The Bertz CT molecular complexity index is 1330. The lowest BCUT2D eigenvalue weighted by molar-refractivity contribution is 0.101. The molecule has 2 saturated heterocycles. The van der Waals surface area contributed by atoms with E-state index in [1.165, 1.54) is 35.4 Å². The van der Waals surface area contributed by atoms with Crippen LogP contribution in [0.4, 0.5) is 10.8 Å². The van der Waals surface area contributed by atoms with Gasteiger partial charge in [-0.15, -0.1) is 11.3 Å². The molecule has 2 aliphatic heterocycles. The van der Waals surface area contributed by atoms with Gasteiger partial charge in [0.1, 0.15) is 5.69 Å². The normalized spacial score (nSPS) is 19.7. The van der Waals surface area contributed by atoms with Crippen LogP contribution in [0.15, 0.2) is 72.5 Å². The molecule has 4 aromatic rings. The first-order chi connectivity index (χ1) is 18.2. The van der Waals surface area contributed by atoms with Gasteiger partial charge in [0, 0.05) is 49.3 Å². The number of hydrogen-bond donors (Lipinski definition) is 2. The van der Waals surface area contributed by atoms with E-state index in [9.17, 15) is 4.79 Å². The number of thiazole rings is 1. The number of carbonyl (C=O) groups excluding carboxylic acids is 1. The summed E-state index contributed by atoms with van der Waals surface area (Å²) < 4.78 is 1.95. The average Bonchev–Trinajstić information content (AvgIpc) is 3.71. The van der Waals surface area contributed by atoms with E-state index in [0.717, 1.165) is 43.7 Å². The minimum atomic E-state index is -0.143. The zero-order valence-electron chi connectivity index (χ0n) is 20.8. The molecular weight excluding hydrogens is 480 g/mol. The van der Waals surface area contributed by atoms with Crippen molar-refractivity contribution in [2.24, 2.45) is 0 Å². The molecule has 2 atom stereocenters. The predicted molar refractivity (Wildman–Crippen MR) is 148 cm³/mol. The number of amides is 1. The van der Waals surface area contributed by atoms with Gasteiger partial charge in [-0.3, -0.25) is 15.1 Å². The Labute approximate surface area is 221 Å². The third-order valence-corrected chi connectivity index (χ3v) is 8.27. The van der Waals surface area contributed by atoms with Crippen LogP contribution in [0, 0.1) is 0 Å². The minimum absolute atomic E-state index is 0.143. The first kappa shape index (κ1) is 23.9. The third-order valence-electron chi connectivity index (χ3n) is 7.49. The number of anilines is 2. The monoisotopic (exact) mass is 512 g/mol. The van der Waals surface area contributed by atoms with E-state index >= 15 is 0 Å². The second-order valence-electron chi connectivity index (χ2n) is 9.89. The Hall–Kier alpha value is -3.49. The van der Waals surface area contributed by atoms with Crippen molar-refractivity contribution in [3.63, 3.8) is 0 Å². The first-order valence-electron chi connectivity index (χ1n) is 13.1. The fourth-order valence-corrected chi connectivity index (χ4v) is 6.31. The summed E-state index contributed by atoms with van der Waals surface area (Å²) in [5.41, 5.74) is 5.43. The second-order valence-corrected chi connectivity index (χ2v) is 10.8. The van der Waals surface area contributed by atoms with Crippen molar-refractivity contribution < 1.29 is 4.79 Å². The summed E-state index contributed by atoms with van der Waals surface area (Å²) in [4.78, 5) is 24.4. The van der Waals surface area contributed by atoms with E-state index in [-0.39, 0.29) is 11.9 Å². The second kappa shape index (κ2) is 10.9. The molecule has 1 unspecified atom stereocenters. The maximum atomic E-state index is 13.1. The Morgan fingerprint density at radius 3 is 2.76 bits per heavy atom. The lowest BCUT2D eigenvalue weighted by atomic mass is 9.91. The molecule has 1 aromatic carbocycles. The zero-order valence-corrected chi connectivity index (χ0v) is 21.7. The number of nitrogens with one attached hydrogen (secondary N) is 2. The van der Waals surface area contributed by atoms with E-state index < -0.39 is 0 Å². The number of pyridine rings is 1. The SMILES string of the molecule is O=C(Nc1nc([C@H]2CCCN2c2ccc(C3CCCNC3)cc2)cs1)c1cccn1Cc1ccncc1. The summed E-state index contributed by atoms with van der Waals surface area (Å²) in [6.45, 7) is 3.86. The highest BCUT2D eigenvalue weighted by Gasteiger charge is 2.29. The van der Waals surface area contributed by atoms with Crippen LogP contribution in [0.5, 0.6) is 0 Å². The molecule has 6 rings (SSSR count). The molecule has 2 aliphatic rings. The van der Waals surface area contributed by atoms with Crippen molar-refractivity contribution in [3.8, 4) is 0 Å². The quantitative estimate of drug-likeness (QED) is 0.345. The maximum Gasteiger partial charge on any atom is 0.274 e. The molecule has 0 radical (unpaired) electrons. The van der Waals surface area contributed by atoms with Crippen LogP contribution in [0.25, 0.3) is 0 Å². The minimum Gasteiger partial charge on any atom is -0.363 e. The maximum absolute atomic E-state index is 13.1. The summed E-state index contributed by atoms with van der Waals surface area (Å²) >= 11 is 1.50. The van der Waals surface area contributed by atoms with Crippen molar-refractivity contribution in [2.75, 3.05) is 29.9 Å². The predicted octanol–water partition coefficient (Wildman–Crippen LogP) is 5.45. The van der Waals surface area contributed by atoms with Crippen LogP contribution >= 0.6 is 11.3 Å². The van der Waals surface area contributed by atoms with Crippen LogP contribution in [0.2, 0.25) is 0 Å². The number of benzene rings is 1. The highest BCUT2D eigenvalue weighted by molar-refractivity contribution is 7.14. The number of hydrogen-bond acceptors (Lipinski definition) is 6. The van der Waals surface area contributed by atoms with Crippen LogP contribution in [-0.2, 0) is 6.54 Å². The van der Waals surface area contributed by atoms with Gasteiger partial charge >= 0.3 is 0 Å². The van der Waals surface area contributed by atoms with Crippen molar-refractivity contribution >= 4 is 28.1 Å². The molecule has 0 bridgehead atoms. The molecule has 37 heavy (non-hydrogen) atoms. The highest BCUT2D eigenvalue weighted by Crippen LogP contribution is 2.38. The van der Waals surface area contributed by atoms with E-state index in [4.69, 9.17) is 4.98 Å². The van der Waals surface area contributed by atoms with Gasteiger partial charge in [0.2, 0.25) is 0 Å². The summed E-state index contributed by atoms with van der Waals surface area (Å²) in [7, 11) is 0. The molecule has 7 nitrogen and oxygen atoms in total. The number of carbonyl (C=O) groups is 1. The summed E-state index contributed by atoms with van der Waals surface area (Å²) in [6, 6.07) is 17.0. The molecule has 8 heteroatoms.